The van der Waals surface area contributed by atoms with Crippen molar-refractivity contribution < 1.29 is 14.6 Å². The van der Waals surface area contributed by atoms with E-state index in [0.717, 1.165) is 6.42 Å². The Bertz CT molecular complexity index is 341. The van der Waals surface area contributed by atoms with Crippen molar-refractivity contribution in [3.05, 3.63) is 0 Å². The van der Waals surface area contributed by atoms with E-state index in [1.165, 1.54) is 0 Å². The second-order valence-electron chi connectivity index (χ2n) is 6.04. The average Bonchev–Trinajstić information content (AvgIpc) is 2.82. The molecule has 0 bridgehead atoms. The van der Waals surface area contributed by atoms with Gasteiger partial charge in [-0.1, -0.05) is 20.8 Å². The molecule has 5 heteroatoms. The highest BCUT2D eigenvalue weighted by Gasteiger charge is 2.71. The number of hydrogen-bond acceptors (Lipinski definition) is 4. The summed E-state index contributed by atoms with van der Waals surface area (Å²) >= 11 is 0. The molecule has 2 fully saturated rings. The van der Waals surface area contributed by atoms with Gasteiger partial charge >= 0.3 is 0 Å². The molecule has 0 aromatic rings. The van der Waals surface area contributed by atoms with E-state index in [2.05, 4.69) is 5.32 Å². The third-order valence-electron chi connectivity index (χ3n) is 4.88. The van der Waals surface area contributed by atoms with Gasteiger partial charge in [0.1, 0.15) is 5.54 Å². The highest BCUT2D eigenvalue weighted by molar-refractivity contribution is 5.89. The van der Waals surface area contributed by atoms with Gasteiger partial charge in [0.05, 0.1) is 18.8 Å². The molecule has 0 aromatic heterocycles. The zero-order valence-electron chi connectivity index (χ0n) is 11.4. The number of amides is 1. The number of hydrogen-bond donors (Lipinski definition) is 3. The molecule has 1 aliphatic carbocycles. The maximum Gasteiger partial charge on any atom is 0.241 e. The van der Waals surface area contributed by atoms with Crippen molar-refractivity contribution in [1.29, 1.82) is 0 Å². The van der Waals surface area contributed by atoms with E-state index >= 15 is 0 Å². The number of carbonyl (C=O) groups excluding carboxylic acids is 1. The van der Waals surface area contributed by atoms with Gasteiger partial charge in [-0.2, -0.15) is 0 Å². The van der Waals surface area contributed by atoms with Gasteiger partial charge in [0.25, 0.3) is 0 Å². The van der Waals surface area contributed by atoms with Gasteiger partial charge in [0.15, 0.2) is 0 Å². The summed E-state index contributed by atoms with van der Waals surface area (Å²) in [4.78, 5) is 12.4. The predicted molar refractivity (Wildman–Crippen MR) is 67.9 cm³/mol. The van der Waals surface area contributed by atoms with Crippen LogP contribution >= 0.6 is 0 Å². The first-order valence-electron chi connectivity index (χ1n) is 6.71. The lowest BCUT2D eigenvalue weighted by atomic mass is 9.48. The van der Waals surface area contributed by atoms with Gasteiger partial charge in [-0.15, -0.1) is 0 Å². The van der Waals surface area contributed by atoms with Crippen molar-refractivity contribution in [2.24, 2.45) is 17.1 Å². The lowest BCUT2D eigenvalue weighted by Gasteiger charge is -2.60. The largest absolute Gasteiger partial charge is 0.394 e. The summed E-state index contributed by atoms with van der Waals surface area (Å²) < 4.78 is 5.66. The Balaban J connectivity index is 2.13. The van der Waals surface area contributed by atoms with Crippen LogP contribution in [0.4, 0.5) is 0 Å². The Morgan fingerprint density at radius 3 is 2.83 bits per heavy atom. The molecule has 4 atom stereocenters. The minimum atomic E-state index is -0.878. The molecule has 1 amide bonds. The molecule has 104 valence electrons. The first-order valence-corrected chi connectivity index (χ1v) is 6.71. The van der Waals surface area contributed by atoms with Crippen LogP contribution in [0.25, 0.3) is 0 Å². The molecule has 5 nitrogen and oxygen atoms in total. The van der Waals surface area contributed by atoms with Crippen LogP contribution in [0.3, 0.4) is 0 Å². The summed E-state index contributed by atoms with van der Waals surface area (Å²) in [6.45, 7) is 6.53. The summed E-state index contributed by atoms with van der Waals surface area (Å²) in [6.07, 6.45) is 1.62. The van der Waals surface area contributed by atoms with E-state index in [1.54, 1.807) is 0 Å². The number of rotatable bonds is 4. The van der Waals surface area contributed by atoms with E-state index in [1.807, 2.05) is 20.8 Å². The third kappa shape index (κ3) is 1.61. The van der Waals surface area contributed by atoms with E-state index in [9.17, 15) is 4.79 Å². The second-order valence-corrected chi connectivity index (χ2v) is 6.04. The first-order chi connectivity index (χ1) is 8.39. The number of nitrogens with one attached hydrogen (secondary N) is 1. The lowest BCUT2D eigenvalue weighted by molar-refractivity contribution is -0.176. The standard InChI is InChI=1S/C13H24N2O3/c1-4-8(7-16)15-11(17)13(14)9-5-6-18-10(9)12(13,2)3/h8-10,16H,4-7,14H2,1-3H3,(H,15,17)/t8-,9?,10?,13?/m0/s1. The highest BCUT2D eigenvalue weighted by atomic mass is 16.5. The van der Waals surface area contributed by atoms with Crippen LogP contribution in [-0.2, 0) is 9.53 Å². The van der Waals surface area contributed by atoms with Gasteiger partial charge in [0.2, 0.25) is 5.91 Å². The third-order valence-corrected chi connectivity index (χ3v) is 4.88. The van der Waals surface area contributed by atoms with Crippen molar-refractivity contribution in [2.75, 3.05) is 13.2 Å². The SMILES string of the molecule is CC[C@@H](CO)NC(=O)C1(N)C2CCOC2C1(C)C. The quantitative estimate of drug-likeness (QED) is 0.662. The molecular weight excluding hydrogens is 232 g/mol. The van der Waals surface area contributed by atoms with Crippen molar-refractivity contribution in [3.63, 3.8) is 0 Å². The van der Waals surface area contributed by atoms with Crippen LogP contribution in [-0.4, -0.2) is 41.9 Å². The smallest absolute Gasteiger partial charge is 0.241 e. The predicted octanol–water partition coefficient (Wildman–Crippen LogP) is 0.0159. The number of fused-ring (bicyclic) bond motifs is 1. The van der Waals surface area contributed by atoms with Gasteiger partial charge in [-0.25, -0.2) is 0 Å². The number of aliphatic hydroxyl groups excluding tert-OH is 1. The topological polar surface area (TPSA) is 84.6 Å². The normalized spacial score (nSPS) is 38.7. The molecule has 4 N–H and O–H groups in total. The minimum Gasteiger partial charge on any atom is -0.394 e. The van der Waals surface area contributed by atoms with E-state index < -0.39 is 5.54 Å². The molecule has 0 spiro atoms. The zero-order valence-corrected chi connectivity index (χ0v) is 11.4. The lowest BCUT2D eigenvalue weighted by Crippen LogP contribution is -2.80. The average molecular weight is 256 g/mol. The maximum atomic E-state index is 12.4. The number of ether oxygens (including phenoxy) is 1. The van der Waals surface area contributed by atoms with Crippen LogP contribution in [0.5, 0.6) is 0 Å². The van der Waals surface area contributed by atoms with Crippen molar-refractivity contribution in [3.8, 4) is 0 Å². The fourth-order valence-electron chi connectivity index (χ4n) is 3.43. The molecule has 18 heavy (non-hydrogen) atoms. The molecule has 1 saturated heterocycles. The van der Waals surface area contributed by atoms with Crippen LogP contribution in [0.1, 0.15) is 33.6 Å². The molecule has 1 saturated carbocycles. The molecule has 0 radical (unpaired) electrons. The van der Waals surface area contributed by atoms with Gasteiger partial charge in [0, 0.05) is 17.9 Å². The van der Waals surface area contributed by atoms with Gasteiger partial charge < -0.3 is 20.9 Å². The first kappa shape index (κ1) is 13.8. The molecule has 1 heterocycles. The summed E-state index contributed by atoms with van der Waals surface area (Å²) in [5.41, 5.74) is 5.16. The molecule has 0 aromatic carbocycles. The van der Waals surface area contributed by atoms with Crippen LogP contribution in [0, 0.1) is 11.3 Å². The Morgan fingerprint density at radius 2 is 2.28 bits per heavy atom. The summed E-state index contributed by atoms with van der Waals surface area (Å²) in [5.74, 6) is -0.0520. The summed E-state index contributed by atoms with van der Waals surface area (Å²) in [5, 5.41) is 12.0. The molecule has 1 aliphatic heterocycles. The number of aliphatic hydroxyl groups is 1. The van der Waals surface area contributed by atoms with Gasteiger partial charge in [-0.3, -0.25) is 4.79 Å². The number of nitrogens with two attached hydrogens (primary N) is 1. The Morgan fingerprint density at radius 1 is 1.61 bits per heavy atom. The molecule has 3 unspecified atom stereocenters. The second kappa shape index (κ2) is 4.47. The Kier molecular flexibility index (Phi) is 3.42. The summed E-state index contributed by atoms with van der Waals surface area (Å²) in [7, 11) is 0. The molecular formula is C13H24N2O3. The minimum absolute atomic E-state index is 0.0522. The van der Waals surface area contributed by atoms with E-state index in [0.29, 0.717) is 13.0 Å². The van der Waals surface area contributed by atoms with Gasteiger partial charge in [-0.05, 0) is 12.8 Å². The Labute approximate surface area is 108 Å². The highest BCUT2D eigenvalue weighted by Crippen LogP contribution is 2.58. The molecule has 2 aliphatic rings. The maximum absolute atomic E-state index is 12.4. The molecule has 2 rings (SSSR count). The fraction of sp³-hybridized carbons (Fsp3) is 0.923. The van der Waals surface area contributed by atoms with Crippen molar-refractivity contribution in [1.82, 2.24) is 5.32 Å². The van der Waals surface area contributed by atoms with Crippen LogP contribution in [0.2, 0.25) is 0 Å². The summed E-state index contributed by atoms with van der Waals surface area (Å²) in [6, 6.07) is -0.213. The van der Waals surface area contributed by atoms with E-state index in [-0.39, 0.29) is 36.0 Å². The fourth-order valence-corrected chi connectivity index (χ4v) is 3.43. The Hall–Kier alpha value is -0.650. The monoisotopic (exact) mass is 256 g/mol. The zero-order chi connectivity index (χ0) is 13.6. The van der Waals surface area contributed by atoms with E-state index in [4.69, 9.17) is 15.6 Å². The van der Waals surface area contributed by atoms with Crippen LogP contribution in [0.15, 0.2) is 0 Å². The van der Waals surface area contributed by atoms with Crippen LogP contribution < -0.4 is 11.1 Å². The number of carbonyl (C=O) groups is 1. The van der Waals surface area contributed by atoms with Crippen molar-refractivity contribution in [2.45, 2.75) is 51.3 Å². The van der Waals surface area contributed by atoms with Crippen molar-refractivity contribution >= 4 is 5.91 Å².